The van der Waals surface area contributed by atoms with Gasteiger partial charge in [-0.15, -0.1) is 0 Å². The van der Waals surface area contributed by atoms with Gasteiger partial charge in [0.2, 0.25) is 5.91 Å². The quantitative estimate of drug-likeness (QED) is 0.913. The lowest BCUT2D eigenvalue weighted by atomic mass is 9.92. The lowest BCUT2D eigenvalue weighted by Crippen LogP contribution is -2.40. The summed E-state index contributed by atoms with van der Waals surface area (Å²) in [6.45, 7) is 3.32. The van der Waals surface area contributed by atoms with Gasteiger partial charge in [0.15, 0.2) is 5.17 Å². The number of ether oxygens (including phenoxy) is 1. The first-order valence-electron chi connectivity index (χ1n) is 6.51. The summed E-state index contributed by atoms with van der Waals surface area (Å²) in [6.07, 6.45) is 0.913. The number of aliphatic imine (C=N–C) groups is 1. The summed E-state index contributed by atoms with van der Waals surface area (Å²) in [5, 5.41) is 4.04. The molecule has 2 atom stereocenters. The topological polar surface area (TPSA) is 50.7 Å². The Balaban J connectivity index is 1.84. The van der Waals surface area contributed by atoms with Crippen molar-refractivity contribution in [1.82, 2.24) is 5.32 Å². The van der Waals surface area contributed by atoms with Crippen LogP contribution in [0.5, 0.6) is 0 Å². The molecule has 20 heavy (non-hydrogen) atoms. The van der Waals surface area contributed by atoms with E-state index >= 15 is 0 Å². The Morgan fingerprint density at radius 1 is 1.50 bits per heavy atom. The van der Waals surface area contributed by atoms with Crippen molar-refractivity contribution in [2.45, 2.75) is 18.1 Å². The zero-order valence-corrected chi connectivity index (χ0v) is 12.6. The van der Waals surface area contributed by atoms with E-state index in [-0.39, 0.29) is 11.8 Å². The van der Waals surface area contributed by atoms with Gasteiger partial charge < -0.3 is 10.1 Å². The predicted molar refractivity (Wildman–Crippen MR) is 81.6 cm³/mol. The number of amidine groups is 1. The van der Waals surface area contributed by atoms with Gasteiger partial charge in [-0.2, -0.15) is 0 Å². The molecule has 2 fully saturated rings. The first-order valence-corrected chi connectivity index (χ1v) is 7.70. The van der Waals surface area contributed by atoms with E-state index in [9.17, 15) is 4.79 Å². The van der Waals surface area contributed by atoms with Crippen molar-refractivity contribution in [2.24, 2.45) is 10.9 Å². The molecule has 3 rings (SSSR count). The number of halogens is 1. The molecule has 1 aromatic carbocycles. The molecular weight excluding hydrogens is 296 g/mol. The maximum atomic E-state index is 12.3. The summed E-state index contributed by atoms with van der Waals surface area (Å²) in [5.74, 6) is 0.232. The predicted octanol–water partition coefficient (Wildman–Crippen LogP) is 2.99. The van der Waals surface area contributed by atoms with Crippen molar-refractivity contribution in [1.29, 1.82) is 0 Å². The molecule has 1 N–H and O–H groups in total. The van der Waals surface area contributed by atoms with Crippen molar-refractivity contribution in [3.63, 3.8) is 0 Å². The van der Waals surface area contributed by atoms with E-state index in [1.165, 1.54) is 11.8 Å². The van der Waals surface area contributed by atoms with Crippen molar-refractivity contribution < 1.29 is 9.53 Å². The minimum absolute atomic E-state index is 0.00352. The van der Waals surface area contributed by atoms with Crippen LogP contribution >= 0.6 is 23.4 Å². The number of para-hydroxylation sites is 1. The summed E-state index contributed by atoms with van der Waals surface area (Å²) in [4.78, 5) is 16.7. The molecule has 2 aliphatic rings. The average molecular weight is 311 g/mol. The van der Waals surface area contributed by atoms with Gasteiger partial charge in [0.25, 0.3) is 0 Å². The third kappa shape index (κ3) is 2.45. The second-order valence-electron chi connectivity index (χ2n) is 5.09. The Labute approximate surface area is 126 Å². The van der Waals surface area contributed by atoms with Crippen LogP contribution < -0.4 is 5.32 Å². The monoisotopic (exact) mass is 310 g/mol. The summed E-state index contributed by atoms with van der Waals surface area (Å²) in [6, 6.07) is 7.34. The van der Waals surface area contributed by atoms with E-state index in [2.05, 4.69) is 10.3 Å². The second-order valence-corrected chi connectivity index (χ2v) is 6.94. The van der Waals surface area contributed by atoms with Crippen LogP contribution in [-0.2, 0) is 9.53 Å². The third-order valence-electron chi connectivity index (χ3n) is 3.76. The van der Waals surface area contributed by atoms with Crippen LogP contribution in [-0.4, -0.2) is 29.0 Å². The number of thioether (sulfide) groups is 1. The molecule has 0 bridgehead atoms. The molecular formula is C14H15ClN2O2S. The van der Waals surface area contributed by atoms with Gasteiger partial charge >= 0.3 is 0 Å². The van der Waals surface area contributed by atoms with E-state index in [4.69, 9.17) is 16.3 Å². The van der Waals surface area contributed by atoms with Gasteiger partial charge in [0.1, 0.15) is 4.75 Å². The smallest absolute Gasteiger partial charge is 0.242 e. The molecule has 2 aliphatic heterocycles. The molecule has 2 heterocycles. The molecule has 0 saturated carbocycles. The largest absolute Gasteiger partial charge is 0.381 e. The third-order valence-corrected chi connectivity index (χ3v) is 5.41. The van der Waals surface area contributed by atoms with Gasteiger partial charge in [-0.25, -0.2) is 4.99 Å². The van der Waals surface area contributed by atoms with E-state index < -0.39 is 4.75 Å². The minimum Gasteiger partial charge on any atom is -0.381 e. The van der Waals surface area contributed by atoms with Crippen LogP contribution in [0.25, 0.3) is 0 Å². The van der Waals surface area contributed by atoms with Crippen LogP contribution in [0, 0.1) is 5.92 Å². The van der Waals surface area contributed by atoms with Gasteiger partial charge in [-0.1, -0.05) is 35.5 Å². The van der Waals surface area contributed by atoms with Crippen molar-refractivity contribution in [3.05, 3.63) is 29.3 Å². The fourth-order valence-corrected chi connectivity index (χ4v) is 3.80. The van der Waals surface area contributed by atoms with Crippen LogP contribution in [0.1, 0.15) is 13.3 Å². The number of hydrogen-bond acceptors (Lipinski definition) is 4. The highest BCUT2D eigenvalue weighted by molar-refractivity contribution is 8.16. The standard InChI is InChI=1S/C14H15ClN2O2S/c1-14(9-6-7-19-8-9)12(18)17-13(20-14)16-11-5-3-2-4-10(11)15/h2-5,9H,6-8H2,1H3,(H,16,17,18)/t9-,14?/m1/s1. The summed E-state index contributed by atoms with van der Waals surface area (Å²) in [5.41, 5.74) is 0.670. The van der Waals surface area contributed by atoms with Gasteiger partial charge in [0, 0.05) is 12.5 Å². The van der Waals surface area contributed by atoms with Crippen LogP contribution in [0.15, 0.2) is 29.3 Å². The first kappa shape index (κ1) is 13.9. The molecule has 6 heteroatoms. The van der Waals surface area contributed by atoms with Gasteiger partial charge in [0.05, 0.1) is 17.3 Å². The van der Waals surface area contributed by atoms with E-state index in [1.54, 1.807) is 6.07 Å². The highest BCUT2D eigenvalue weighted by atomic mass is 35.5. The molecule has 1 unspecified atom stereocenters. The fourth-order valence-electron chi connectivity index (χ4n) is 2.43. The second kappa shape index (κ2) is 5.39. The van der Waals surface area contributed by atoms with E-state index in [0.717, 1.165) is 13.0 Å². The van der Waals surface area contributed by atoms with Crippen molar-refractivity contribution in [3.8, 4) is 0 Å². The number of benzene rings is 1. The Bertz CT molecular complexity index is 572. The molecule has 106 valence electrons. The normalized spacial score (nSPS) is 31.8. The number of rotatable bonds is 2. The fraction of sp³-hybridized carbons (Fsp3) is 0.429. The van der Waals surface area contributed by atoms with Crippen LogP contribution in [0.3, 0.4) is 0 Å². The zero-order chi connectivity index (χ0) is 14.2. The molecule has 0 radical (unpaired) electrons. The number of nitrogens with zero attached hydrogens (tertiary/aromatic N) is 1. The summed E-state index contributed by atoms with van der Waals surface area (Å²) < 4.78 is 4.90. The molecule has 4 nitrogen and oxygen atoms in total. The van der Waals surface area contributed by atoms with Crippen LogP contribution in [0.2, 0.25) is 5.02 Å². The Morgan fingerprint density at radius 2 is 2.30 bits per heavy atom. The average Bonchev–Trinajstić information content (AvgIpc) is 3.03. The maximum Gasteiger partial charge on any atom is 0.242 e. The first-order chi connectivity index (χ1) is 9.59. The molecule has 0 aliphatic carbocycles. The van der Waals surface area contributed by atoms with E-state index in [0.29, 0.717) is 22.5 Å². The Kier molecular flexibility index (Phi) is 3.75. The molecule has 1 amide bonds. The lowest BCUT2D eigenvalue weighted by molar-refractivity contribution is -0.122. The van der Waals surface area contributed by atoms with E-state index in [1.807, 2.05) is 25.1 Å². The lowest BCUT2D eigenvalue weighted by Gasteiger charge is -2.24. The Hall–Kier alpha value is -1.04. The highest BCUT2D eigenvalue weighted by Crippen LogP contribution is 2.42. The van der Waals surface area contributed by atoms with Crippen molar-refractivity contribution >= 4 is 40.1 Å². The number of carbonyl (C=O) groups excluding carboxylic acids is 1. The Morgan fingerprint density at radius 3 is 3.00 bits per heavy atom. The van der Waals surface area contributed by atoms with Gasteiger partial charge in [-0.3, -0.25) is 4.79 Å². The number of amides is 1. The maximum absolute atomic E-state index is 12.3. The molecule has 0 spiro atoms. The van der Waals surface area contributed by atoms with Crippen LogP contribution in [0.4, 0.5) is 5.69 Å². The highest BCUT2D eigenvalue weighted by Gasteiger charge is 2.49. The van der Waals surface area contributed by atoms with Crippen molar-refractivity contribution in [2.75, 3.05) is 13.2 Å². The minimum atomic E-state index is -0.503. The number of carbonyl (C=O) groups is 1. The summed E-state index contributed by atoms with van der Waals surface area (Å²) >= 11 is 7.56. The number of nitrogens with one attached hydrogen (secondary N) is 1. The number of hydrogen-bond donors (Lipinski definition) is 1. The van der Waals surface area contributed by atoms with Gasteiger partial charge in [-0.05, 0) is 25.5 Å². The molecule has 0 aromatic heterocycles. The molecule has 2 saturated heterocycles. The SMILES string of the molecule is CC1([C@@H]2CCOC2)SC(=Nc2ccccc2Cl)NC1=O. The zero-order valence-electron chi connectivity index (χ0n) is 11.1. The molecule has 1 aromatic rings. The summed E-state index contributed by atoms with van der Waals surface area (Å²) in [7, 11) is 0.